The third-order valence-electron chi connectivity index (χ3n) is 1.97. The first kappa shape index (κ1) is 10.8. The van der Waals surface area contributed by atoms with Gasteiger partial charge in [-0.2, -0.15) is 0 Å². The fourth-order valence-corrected chi connectivity index (χ4v) is 1.15. The molecule has 0 fully saturated rings. The van der Waals surface area contributed by atoms with E-state index in [2.05, 4.69) is 12.0 Å². The molecule has 0 spiro atoms. The van der Waals surface area contributed by atoms with Crippen LogP contribution in [0.25, 0.3) is 0 Å². The standard InChI is InChI=1S/C10H12F2N2/c1-2-8(14-13)6-7-4-3-5-9(11)10(7)12/h2-5,8,14H,1,6,13H2. The maximum Gasteiger partial charge on any atom is 0.162 e. The van der Waals surface area contributed by atoms with E-state index in [1.807, 2.05) is 0 Å². The van der Waals surface area contributed by atoms with Crippen molar-refractivity contribution in [3.8, 4) is 0 Å². The molecule has 2 nitrogen and oxygen atoms in total. The number of halogens is 2. The van der Waals surface area contributed by atoms with Crippen molar-refractivity contribution >= 4 is 0 Å². The van der Waals surface area contributed by atoms with Gasteiger partial charge in [-0.1, -0.05) is 18.2 Å². The summed E-state index contributed by atoms with van der Waals surface area (Å²) in [4.78, 5) is 0. The molecule has 1 aromatic rings. The fraction of sp³-hybridized carbons (Fsp3) is 0.200. The van der Waals surface area contributed by atoms with Gasteiger partial charge in [0.2, 0.25) is 0 Å². The smallest absolute Gasteiger partial charge is 0.162 e. The van der Waals surface area contributed by atoms with Crippen molar-refractivity contribution in [2.45, 2.75) is 12.5 Å². The molecule has 0 heterocycles. The summed E-state index contributed by atoms with van der Waals surface area (Å²) >= 11 is 0. The van der Waals surface area contributed by atoms with Gasteiger partial charge in [-0.3, -0.25) is 11.3 Å². The Morgan fingerprint density at radius 1 is 1.50 bits per heavy atom. The van der Waals surface area contributed by atoms with Crippen LogP contribution in [0.3, 0.4) is 0 Å². The second-order valence-electron chi connectivity index (χ2n) is 2.93. The summed E-state index contributed by atoms with van der Waals surface area (Å²) in [5, 5.41) is 0. The Labute approximate surface area is 81.4 Å². The summed E-state index contributed by atoms with van der Waals surface area (Å²) in [7, 11) is 0. The molecule has 1 atom stereocenters. The van der Waals surface area contributed by atoms with E-state index in [1.54, 1.807) is 6.08 Å². The van der Waals surface area contributed by atoms with Crippen LogP contribution in [0.15, 0.2) is 30.9 Å². The summed E-state index contributed by atoms with van der Waals surface area (Å²) < 4.78 is 25.9. The second kappa shape index (κ2) is 4.83. The average Bonchev–Trinajstić information content (AvgIpc) is 2.20. The van der Waals surface area contributed by atoms with Crippen molar-refractivity contribution in [3.63, 3.8) is 0 Å². The highest BCUT2D eigenvalue weighted by Gasteiger charge is 2.10. The summed E-state index contributed by atoms with van der Waals surface area (Å²) in [6, 6.07) is 3.81. The third kappa shape index (κ3) is 2.37. The Morgan fingerprint density at radius 3 is 2.79 bits per heavy atom. The van der Waals surface area contributed by atoms with Crippen LogP contribution in [0.2, 0.25) is 0 Å². The topological polar surface area (TPSA) is 38.0 Å². The maximum absolute atomic E-state index is 13.2. The van der Waals surface area contributed by atoms with Crippen molar-refractivity contribution in [1.29, 1.82) is 0 Å². The molecule has 0 amide bonds. The van der Waals surface area contributed by atoms with Crippen LogP contribution in [-0.2, 0) is 6.42 Å². The lowest BCUT2D eigenvalue weighted by Crippen LogP contribution is -2.35. The van der Waals surface area contributed by atoms with Crippen molar-refractivity contribution in [3.05, 3.63) is 48.1 Å². The van der Waals surface area contributed by atoms with Crippen LogP contribution in [0.1, 0.15) is 5.56 Å². The highest BCUT2D eigenvalue weighted by molar-refractivity contribution is 5.20. The molecule has 0 saturated carbocycles. The number of benzene rings is 1. The molecule has 0 aliphatic heterocycles. The van der Waals surface area contributed by atoms with E-state index in [1.165, 1.54) is 12.1 Å². The molecule has 76 valence electrons. The van der Waals surface area contributed by atoms with Crippen LogP contribution in [0.5, 0.6) is 0 Å². The number of hydrogen-bond acceptors (Lipinski definition) is 2. The predicted molar refractivity (Wildman–Crippen MR) is 51.4 cm³/mol. The largest absolute Gasteiger partial charge is 0.271 e. The third-order valence-corrected chi connectivity index (χ3v) is 1.97. The Kier molecular flexibility index (Phi) is 3.73. The van der Waals surface area contributed by atoms with Gasteiger partial charge in [0.1, 0.15) is 0 Å². The molecule has 4 heteroatoms. The van der Waals surface area contributed by atoms with Gasteiger partial charge in [0, 0.05) is 6.04 Å². The van der Waals surface area contributed by atoms with E-state index in [0.717, 1.165) is 6.07 Å². The minimum Gasteiger partial charge on any atom is -0.271 e. The van der Waals surface area contributed by atoms with Crippen LogP contribution in [-0.4, -0.2) is 6.04 Å². The lowest BCUT2D eigenvalue weighted by molar-refractivity contribution is 0.491. The molecule has 0 bridgehead atoms. The molecular formula is C10H12F2N2. The minimum atomic E-state index is -0.845. The molecule has 3 N–H and O–H groups in total. The highest BCUT2D eigenvalue weighted by atomic mass is 19.2. The first-order chi connectivity index (χ1) is 6.69. The molecule has 0 aliphatic carbocycles. The molecule has 14 heavy (non-hydrogen) atoms. The van der Waals surface area contributed by atoms with Crippen LogP contribution >= 0.6 is 0 Å². The zero-order valence-electron chi connectivity index (χ0n) is 7.63. The minimum absolute atomic E-state index is 0.258. The van der Waals surface area contributed by atoms with Crippen molar-refractivity contribution < 1.29 is 8.78 Å². The van der Waals surface area contributed by atoms with E-state index >= 15 is 0 Å². The van der Waals surface area contributed by atoms with E-state index in [0.29, 0.717) is 0 Å². The molecule has 1 rings (SSSR count). The Hall–Kier alpha value is -1.26. The quantitative estimate of drug-likeness (QED) is 0.437. The summed E-state index contributed by atoms with van der Waals surface area (Å²) in [6.07, 6.45) is 1.83. The molecule has 1 unspecified atom stereocenters. The SMILES string of the molecule is C=CC(Cc1cccc(F)c1F)NN. The molecule has 0 aromatic heterocycles. The van der Waals surface area contributed by atoms with Gasteiger partial charge >= 0.3 is 0 Å². The molecule has 1 aromatic carbocycles. The fourth-order valence-electron chi connectivity index (χ4n) is 1.15. The summed E-state index contributed by atoms with van der Waals surface area (Å²) in [5.41, 5.74) is 2.72. The molecular weight excluding hydrogens is 186 g/mol. The van der Waals surface area contributed by atoms with Gasteiger partial charge in [0.25, 0.3) is 0 Å². The Balaban J connectivity index is 2.85. The lowest BCUT2D eigenvalue weighted by Gasteiger charge is -2.11. The van der Waals surface area contributed by atoms with Crippen LogP contribution in [0.4, 0.5) is 8.78 Å². The number of rotatable bonds is 4. The first-order valence-corrected chi connectivity index (χ1v) is 4.20. The number of hydrogen-bond donors (Lipinski definition) is 2. The summed E-state index contributed by atoms with van der Waals surface area (Å²) in [5.74, 6) is 3.51. The zero-order chi connectivity index (χ0) is 10.6. The van der Waals surface area contributed by atoms with E-state index < -0.39 is 11.6 Å². The number of nitrogens with one attached hydrogen (secondary N) is 1. The Morgan fingerprint density at radius 2 is 2.21 bits per heavy atom. The lowest BCUT2D eigenvalue weighted by atomic mass is 10.1. The van der Waals surface area contributed by atoms with Gasteiger partial charge in [0.15, 0.2) is 11.6 Å². The van der Waals surface area contributed by atoms with Crippen molar-refractivity contribution in [2.24, 2.45) is 5.84 Å². The monoisotopic (exact) mass is 198 g/mol. The van der Waals surface area contributed by atoms with Gasteiger partial charge in [-0.15, -0.1) is 6.58 Å². The zero-order valence-corrected chi connectivity index (χ0v) is 7.63. The van der Waals surface area contributed by atoms with Gasteiger partial charge in [-0.05, 0) is 18.1 Å². The molecule has 0 saturated heterocycles. The summed E-state index contributed by atoms with van der Waals surface area (Å²) in [6.45, 7) is 3.52. The number of hydrazine groups is 1. The second-order valence-corrected chi connectivity index (χ2v) is 2.93. The average molecular weight is 198 g/mol. The van der Waals surface area contributed by atoms with E-state index in [4.69, 9.17) is 5.84 Å². The van der Waals surface area contributed by atoms with Crippen molar-refractivity contribution in [2.75, 3.05) is 0 Å². The first-order valence-electron chi connectivity index (χ1n) is 4.20. The molecule has 0 radical (unpaired) electrons. The Bertz CT molecular complexity index is 326. The van der Waals surface area contributed by atoms with Gasteiger partial charge < -0.3 is 0 Å². The normalized spacial score (nSPS) is 12.5. The van der Waals surface area contributed by atoms with Crippen LogP contribution in [0, 0.1) is 11.6 Å². The van der Waals surface area contributed by atoms with Gasteiger partial charge in [-0.25, -0.2) is 8.78 Å². The van der Waals surface area contributed by atoms with Crippen molar-refractivity contribution in [1.82, 2.24) is 5.43 Å². The van der Waals surface area contributed by atoms with E-state index in [-0.39, 0.29) is 18.0 Å². The van der Waals surface area contributed by atoms with Crippen LogP contribution < -0.4 is 11.3 Å². The maximum atomic E-state index is 13.2. The highest BCUT2D eigenvalue weighted by Crippen LogP contribution is 2.13. The number of nitrogens with two attached hydrogens (primary N) is 1. The van der Waals surface area contributed by atoms with E-state index in [9.17, 15) is 8.78 Å². The van der Waals surface area contributed by atoms with Gasteiger partial charge in [0.05, 0.1) is 0 Å². The predicted octanol–water partition coefficient (Wildman–Crippen LogP) is 1.53. The molecule has 0 aliphatic rings.